The first-order chi connectivity index (χ1) is 10.1. The first-order valence-electron chi connectivity index (χ1n) is 7.25. The van der Waals surface area contributed by atoms with E-state index in [9.17, 15) is 27.6 Å². The fraction of sp³-hybridized carbons (Fsp3) is 0.786. The predicted octanol–water partition coefficient (Wildman–Crippen LogP) is 2.13. The lowest BCUT2D eigenvalue weighted by Gasteiger charge is -2.25. The molecule has 0 aromatic carbocycles. The predicted molar refractivity (Wildman–Crippen MR) is 70.8 cm³/mol. The maximum atomic E-state index is 12.4. The van der Waals surface area contributed by atoms with Crippen LogP contribution in [0.25, 0.3) is 0 Å². The fourth-order valence-electron chi connectivity index (χ4n) is 2.38. The molecule has 22 heavy (non-hydrogen) atoms. The summed E-state index contributed by atoms with van der Waals surface area (Å²) in [6.45, 7) is 3.01. The van der Waals surface area contributed by atoms with Gasteiger partial charge >= 0.3 is 18.1 Å². The van der Waals surface area contributed by atoms with Gasteiger partial charge in [0, 0.05) is 5.92 Å². The van der Waals surface area contributed by atoms with Gasteiger partial charge in [-0.05, 0) is 26.7 Å². The standard InChI is InChI=1S/C14H20F3NO4/c1-8(2)22-12(20)10(18-13(21)14(15,16)17)11(19)9-6-4-3-5-7-9/h8-10H,3-7H2,1-2H3,(H,18,21). The molecule has 1 rings (SSSR count). The number of hydrogen-bond acceptors (Lipinski definition) is 4. The van der Waals surface area contributed by atoms with Crippen LogP contribution in [0.1, 0.15) is 46.0 Å². The summed E-state index contributed by atoms with van der Waals surface area (Å²) in [6, 6.07) is -1.90. The van der Waals surface area contributed by atoms with Crippen molar-refractivity contribution in [3.05, 3.63) is 0 Å². The molecule has 1 N–H and O–H groups in total. The Morgan fingerprint density at radius 2 is 1.64 bits per heavy atom. The fourth-order valence-corrected chi connectivity index (χ4v) is 2.38. The first-order valence-corrected chi connectivity index (χ1v) is 7.25. The van der Waals surface area contributed by atoms with E-state index in [0.29, 0.717) is 12.8 Å². The summed E-state index contributed by atoms with van der Waals surface area (Å²) < 4.78 is 41.9. The second-order valence-corrected chi connectivity index (χ2v) is 5.63. The molecule has 1 amide bonds. The number of hydrogen-bond donors (Lipinski definition) is 1. The average Bonchev–Trinajstić information content (AvgIpc) is 2.42. The van der Waals surface area contributed by atoms with Crippen LogP contribution in [0.15, 0.2) is 0 Å². The summed E-state index contributed by atoms with van der Waals surface area (Å²) in [7, 11) is 0. The molecule has 1 unspecified atom stereocenters. The van der Waals surface area contributed by atoms with E-state index >= 15 is 0 Å². The molecule has 0 aromatic heterocycles. The van der Waals surface area contributed by atoms with Gasteiger partial charge in [-0.15, -0.1) is 0 Å². The van der Waals surface area contributed by atoms with Crippen molar-refractivity contribution in [1.29, 1.82) is 0 Å². The highest BCUT2D eigenvalue weighted by atomic mass is 19.4. The molecule has 0 aromatic rings. The Morgan fingerprint density at radius 3 is 2.09 bits per heavy atom. The molecule has 0 heterocycles. The number of ketones is 1. The summed E-state index contributed by atoms with van der Waals surface area (Å²) in [4.78, 5) is 35.2. The monoisotopic (exact) mass is 323 g/mol. The lowest BCUT2D eigenvalue weighted by atomic mass is 9.83. The van der Waals surface area contributed by atoms with Gasteiger partial charge < -0.3 is 10.1 Å². The quantitative estimate of drug-likeness (QED) is 0.621. The van der Waals surface area contributed by atoms with Crippen molar-refractivity contribution in [2.75, 3.05) is 0 Å². The number of amides is 1. The number of nitrogens with one attached hydrogen (secondary N) is 1. The van der Waals surface area contributed by atoms with E-state index in [2.05, 4.69) is 0 Å². The van der Waals surface area contributed by atoms with E-state index in [1.165, 1.54) is 19.2 Å². The number of alkyl halides is 3. The topological polar surface area (TPSA) is 72.5 Å². The minimum Gasteiger partial charge on any atom is -0.461 e. The maximum absolute atomic E-state index is 12.4. The molecule has 0 spiro atoms. The van der Waals surface area contributed by atoms with Crippen LogP contribution in [-0.4, -0.2) is 36.0 Å². The Balaban J connectivity index is 2.87. The largest absolute Gasteiger partial charge is 0.471 e. The van der Waals surface area contributed by atoms with Gasteiger partial charge in [0.15, 0.2) is 11.8 Å². The van der Waals surface area contributed by atoms with Crippen molar-refractivity contribution < 1.29 is 32.3 Å². The van der Waals surface area contributed by atoms with Crippen molar-refractivity contribution in [3.63, 3.8) is 0 Å². The van der Waals surface area contributed by atoms with Gasteiger partial charge in [-0.3, -0.25) is 9.59 Å². The highest BCUT2D eigenvalue weighted by Crippen LogP contribution is 2.26. The third-order valence-electron chi connectivity index (χ3n) is 3.41. The van der Waals surface area contributed by atoms with E-state index in [-0.39, 0.29) is 0 Å². The molecule has 5 nitrogen and oxygen atoms in total. The third kappa shape index (κ3) is 5.31. The minimum atomic E-state index is -5.16. The molecular weight excluding hydrogens is 303 g/mol. The number of carbonyl (C=O) groups excluding carboxylic acids is 3. The zero-order chi connectivity index (χ0) is 16.9. The molecular formula is C14H20F3NO4. The number of ether oxygens (including phenoxy) is 1. The molecule has 0 saturated heterocycles. The number of Topliss-reactive ketones (excluding diaryl/α,β-unsaturated/α-hetero) is 1. The van der Waals surface area contributed by atoms with E-state index in [1.807, 2.05) is 0 Å². The minimum absolute atomic E-state index is 0.506. The zero-order valence-corrected chi connectivity index (χ0v) is 12.5. The molecule has 1 atom stereocenters. The molecule has 1 aliphatic carbocycles. The van der Waals surface area contributed by atoms with Crippen LogP contribution < -0.4 is 5.32 Å². The second kappa shape index (κ2) is 7.60. The Labute approximate surface area is 126 Å². The van der Waals surface area contributed by atoms with Gasteiger partial charge in [-0.25, -0.2) is 4.79 Å². The maximum Gasteiger partial charge on any atom is 0.471 e. The molecule has 1 saturated carbocycles. The molecule has 1 fully saturated rings. The van der Waals surface area contributed by atoms with E-state index < -0.39 is 41.9 Å². The molecule has 1 aliphatic rings. The number of rotatable bonds is 5. The normalized spacial score (nSPS) is 17.9. The van der Waals surface area contributed by atoms with Crippen molar-refractivity contribution in [3.8, 4) is 0 Å². The van der Waals surface area contributed by atoms with Crippen LogP contribution in [0, 0.1) is 5.92 Å². The smallest absolute Gasteiger partial charge is 0.461 e. The molecule has 0 bridgehead atoms. The van der Waals surface area contributed by atoms with Crippen molar-refractivity contribution in [2.24, 2.45) is 5.92 Å². The van der Waals surface area contributed by atoms with Gasteiger partial charge in [0.05, 0.1) is 6.10 Å². The van der Waals surface area contributed by atoms with Crippen LogP contribution >= 0.6 is 0 Å². The van der Waals surface area contributed by atoms with Gasteiger partial charge in [0.2, 0.25) is 0 Å². The summed E-state index contributed by atoms with van der Waals surface area (Å²) in [5, 5.41) is 1.47. The Kier molecular flexibility index (Phi) is 6.37. The van der Waals surface area contributed by atoms with Crippen LogP contribution in [0.4, 0.5) is 13.2 Å². The SMILES string of the molecule is CC(C)OC(=O)C(NC(=O)C(F)(F)F)C(=O)C1CCCCC1. The highest BCUT2D eigenvalue weighted by Gasteiger charge is 2.44. The van der Waals surface area contributed by atoms with Gasteiger partial charge in [-0.2, -0.15) is 13.2 Å². The lowest BCUT2D eigenvalue weighted by molar-refractivity contribution is -0.177. The number of carbonyl (C=O) groups is 3. The zero-order valence-electron chi connectivity index (χ0n) is 12.5. The average molecular weight is 323 g/mol. The van der Waals surface area contributed by atoms with E-state index in [1.54, 1.807) is 0 Å². The summed E-state index contributed by atoms with van der Waals surface area (Å²) in [5.74, 6) is -4.69. The van der Waals surface area contributed by atoms with Crippen LogP contribution in [0.3, 0.4) is 0 Å². The Hall–Kier alpha value is -1.60. The van der Waals surface area contributed by atoms with Gasteiger partial charge in [-0.1, -0.05) is 19.3 Å². The Bertz CT molecular complexity index is 428. The lowest BCUT2D eigenvalue weighted by Crippen LogP contribution is -2.53. The van der Waals surface area contributed by atoms with Crippen LogP contribution in [0.5, 0.6) is 0 Å². The van der Waals surface area contributed by atoms with E-state index in [4.69, 9.17) is 4.74 Å². The molecule has 8 heteroatoms. The Morgan fingerprint density at radius 1 is 1.09 bits per heavy atom. The molecule has 0 radical (unpaired) electrons. The number of halogens is 3. The van der Waals surface area contributed by atoms with Gasteiger partial charge in [0.1, 0.15) is 0 Å². The summed E-state index contributed by atoms with van der Waals surface area (Å²) in [6.07, 6.45) is -2.26. The molecule has 126 valence electrons. The highest BCUT2D eigenvalue weighted by molar-refractivity contribution is 6.07. The first kappa shape index (κ1) is 18.4. The van der Waals surface area contributed by atoms with Crippen molar-refractivity contribution in [1.82, 2.24) is 5.32 Å². The summed E-state index contributed by atoms with van der Waals surface area (Å²) in [5.41, 5.74) is 0. The summed E-state index contributed by atoms with van der Waals surface area (Å²) >= 11 is 0. The van der Waals surface area contributed by atoms with Crippen molar-refractivity contribution in [2.45, 2.75) is 64.3 Å². The van der Waals surface area contributed by atoms with Crippen molar-refractivity contribution >= 4 is 17.7 Å². The van der Waals surface area contributed by atoms with E-state index in [0.717, 1.165) is 19.3 Å². The number of esters is 1. The second-order valence-electron chi connectivity index (χ2n) is 5.63. The third-order valence-corrected chi connectivity index (χ3v) is 3.41. The van der Waals surface area contributed by atoms with Crippen LogP contribution in [-0.2, 0) is 19.1 Å². The van der Waals surface area contributed by atoms with Crippen LogP contribution in [0.2, 0.25) is 0 Å². The molecule has 0 aliphatic heterocycles. The van der Waals surface area contributed by atoms with Gasteiger partial charge in [0.25, 0.3) is 0 Å².